The summed E-state index contributed by atoms with van der Waals surface area (Å²) < 4.78 is 24.5. The lowest BCUT2D eigenvalue weighted by Gasteiger charge is -2.17. The molecule has 8 nitrogen and oxygen atoms in total. The number of para-hydroxylation sites is 1. The zero-order valence-electron chi connectivity index (χ0n) is 20.8. The molecule has 1 aliphatic heterocycles. The molecule has 1 N–H and O–H groups in total. The highest BCUT2D eigenvalue weighted by molar-refractivity contribution is 8.15. The quantitative estimate of drug-likeness (QED) is 0.380. The Morgan fingerprint density at radius 3 is 2.42 bits per heavy atom. The van der Waals surface area contributed by atoms with Gasteiger partial charge in [0.05, 0.1) is 25.8 Å². The van der Waals surface area contributed by atoms with Crippen LogP contribution in [0.15, 0.2) is 77.8 Å². The summed E-state index contributed by atoms with van der Waals surface area (Å²) in [5.74, 6) is -0.951. The summed E-state index contributed by atoms with van der Waals surface area (Å²) in [5.41, 5.74) is 1.78. The molecule has 1 heterocycles. The van der Waals surface area contributed by atoms with Crippen molar-refractivity contribution in [3.8, 4) is 5.75 Å². The molecule has 2 amide bonds. The number of carbonyl (C=O) groups is 3. The molecule has 1 unspecified atom stereocenters. The maximum Gasteiger partial charge on any atom is 0.338 e. The number of carbonyl (C=O) groups excluding carboxylic acids is 3. The maximum absolute atomic E-state index is 14.3. The number of hydrogen-bond acceptors (Lipinski definition) is 7. The Balaban J connectivity index is 1.49. The number of hydrogen-bond donors (Lipinski definition) is 1. The topological polar surface area (TPSA) is 97.3 Å². The molecule has 0 aliphatic carbocycles. The van der Waals surface area contributed by atoms with Crippen LogP contribution >= 0.6 is 11.8 Å². The van der Waals surface area contributed by atoms with Crippen LogP contribution in [0.5, 0.6) is 5.75 Å². The minimum atomic E-state index is -0.738. The summed E-state index contributed by atoms with van der Waals surface area (Å²) in [6.45, 7) is 2.19. The summed E-state index contributed by atoms with van der Waals surface area (Å²) in [4.78, 5) is 43.9. The Kier molecular flexibility index (Phi) is 8.75. The number of amides is 2. The SMILES string of the molecule is CCOC(=O)c1ccc(NC(=O)CC2SC(=Nc3ccccc3F)N(Cc3ccc(OC)cc3)C2=O)cc1. The highest BCUT2D eigenvalue weighted by atomic mass is 32.2. The fourth-order valence-corrected chi connectivity index (χ4v) is 4.86. The van der Waals surface area contributed by atoms with Crippen LogP contribution in [0.1, 0.15) is 29.3 Å². The third-order valence-electron chi connectivity index (χ3n) is 5.64. The number of halogens is 1. The van der Waals surface area contributed by atoms with Gasteiger partial charge >= 0.3 is 5.97 Å². The molecule has 38 heavy (non-hydrogen) atoms. The van der Waals surface area contributed by atoms with E-state index in [1.807, 2.05) is 12.1 Å². The first-order valence-corrected chi connectivity index (χ1v) is 12.8. The van der Waals surface area contributed by atoms with Gasteiger partial charge in [0.25, 0.3) is 0 Å². The van der Waals surface area contributed by atoms with Crippen molar-refractivity contribution < 1.29 is 28.2 Å². The van der Waals surface area contributed by atoms with Crippen molar-refractivity contribution in [2.45, 2.75) is 25.1 Å². The molecule has 0 spiro atoms. The first kappa shape index (κ1) is 26.9. The van der Waals surface area contributed by atoms with Crippen LogP contribution in [0, 0.1) is 5.82 Å². The standard InChI is InChI=1S/C28H26FN3O5S/c1-3-37-27(35)19-10-12-20(13-11-19)30-25(33)16-24-26(34)32(17-18-8-14-21(36-2)15-9-18)28(38-24)31-23-7-5-4-6-22(23)29/h4-15,24H,3,16-17H2,1-2H3,(H,30,33). The molecule has 1 fully saturated rings. The van der Waals surface area contributed by atoms with Crippen LogP contribution in [0.3, 0.4) is 0 Å². The van der Waals surface area contributed by atoms with Crippen molar-refractivity contribution in [3.05, 3.63) is 89.7 Å². The van der Waals surface area contributed by atoms with E-state index < -0.39 is 17.0 Å². The number of aliphatic imine (C=N–C) groups is 1. The van der Waals surface area contributed by atoms with Gasteiger partial charge in [0, 0.05) is 12.1 Å². The average molecular weight is 536 g/mol. The third-order valence-corrected chi connectivity index (χ3v) is 6.81. The second-order valence-corrected chi connectivity index (χ2v) is 9.44. The number of anilines is 1. The van der Waals surface area contributed by atoms with Gasteiger partial charge in [-0.25, -0.2) is 14.2 Å². The second-order valence-electron chi connectivity index (χ2n) is 8.27. The van der Waals surface area contributed by atoms with Crippen LogP contribution in [-0.4, -0.2) is 46.8 Å². The molecule has 196 valence electrons. The number of methoxy groups -OCH3 is 1. The van der Waals surface area contributed by atoms with Crippen molar-refractivity contribution in [1.82, 2.24) is 4.90 Å². The fraction of sp³-hybridized carbons (Fsp3) is 0.214. The van der Waals surface area contributed by atoms with Crippen LogP contribution in [-0.2, 0) is 20.9 Å². The van der Waals surface area contributed by atoms with Gasteiger partial charge in [-0.3, -0.25) is 14.5 Å². The molecule has 10 heteroatoms. The van der Waals surface area contributed by atoms with E-state index in [-0.39, 0.29) is 37.1 Å². The molecule has 3 aromatic carbocycles. The highest BCUT2D eigenvalue weighted by Crippen LogP contribution is 2.34. The second kappa shape index (κ2) is 12.4. The Labute approximate surface area is 223 Å². The van der Waals surface area contributed by atoms with Gasteiger partial charge in [-0.15, -0.1) is 0 Å². The number of benzene rings is 3. The van der Waals surface area contributed by atoms with Crippen LogP contribution in [0.4, 0.5) is 15.8 Å². The van der Waals surface area contributed by atoms with E-state index in [1.165, 1.54) is 17.0 Å². The number of ether oxygens (including phenoxy) is 2. The molecular formula is C28H26FN3O5S. The minimum absolute atomic E-state index is 0.106. The summed E-state index contributed by atoms with van der Waals surface area (Å²) in [6.07, 6.45) is -0.113. The molecule has 1 saturated heterocycles. The number of nitrogens with one attached hydrogen (secondary N) is 1. The van der Waals surface area contributed by atoms with Gasteiger partial charge in [0.2, 0.25) is 11.8 Å². The first-order chi connectivity index (χ1) is 18.4. The van der Waals surface area contributed by atoms with Crippen molar-refractivity contribution in [2.24, 2.45) is 4.99 Å². The Hall–Kier alpha value is -4.18. The lowest BCUT2D eigenvalue weighted by atomic mass is 10.2. The van der Waals surface area contributed by atoms with Crippen LogP contribution < -0.4 is 10.1 Å². The minimum Gasteiger partial charge on any atom is -0.497 e. The highest BCUT2D eigenvalue weighted by Gasteiger charge is 2.39. The van der Waals surface area contributed by atoms with Gasteiger partial charge < -0.3 is 14.8 Å². The fourth-order valence-electron chi connectivity index (χ4n) is 3.71. The molecule has 0 saturated carbocycles. The molecular weight excluding hydrogens is 509 g/mol. The smallest absolute Gasteiger partial charge is 0.338 e. The van der Waals surface area contributed by atoms with E-state index in [9.17, 15) is 18.8 Å². The van der Waals surface area contributed by atoms with Crippen molar-refractivity contribution in [1.29, 1.82) is 0 Å². The first-order valence-electron chi connectivity index (χ1n) is 11.9. The molecule has 0 bridgehead atoms. The molecule has 0 radical (unpaired) electrons. The van der Waals surface area contributed by atoms with E-state index in [0.29, 0.717) is 22.2 Å². The molecule has 4 rings (SSSR count). The Morgan fingerprint density at radius 1 is 1.05 bits per heavy atom. The maximum atomic E-state index is 14.3. The zero-order valence-corrected chi connectivity index (χ0v) is 21.7. The van der Waals surface area contributed by atoms with Gasteiger partial charge in [-0.2, -0.15) is 0 Å². The number of thioether (sulfide) groups is 1. The van der Waals surface area contributed by atoms with Gasteiger partial charge in [0.15, 0.2) is 5.17 Å². The lowest BCUT2D eigenvalue weighted by molar-refractivity contribution is -0.128. The summed E-state index contributed by atoms with van der Waals surface area (Å²) in [5, 5.41) is 2.32. The average Bonchev–Trinajstić information content (AvgIpc) is 3.19. The molecule has 1 aliphatic rings. The Bertz CT molecular complexity index is 1350. The Morgan fingerprint density at radius 2 is 1.76 bits per heavy atom. The monoisotopic (exact) mass is 535 g/mol. The predicted octanol–water partition coefficient (Wildman–Crippen LogP) is 5.17. The van der Waals surface area contributed by atoms with Gasteiger partial charge in [0.1, 0.15) is 22.5 Å². The largest absolute Gasteiger partial charge is 0.497 e. The normalized spacial score (nSPS) is 16.0. The summed E-state index contributed by atoms with van der Waals surface area (Å²) in [6, 6.07) is 19.6. The van der Waals surface area contributed by atoms with E-state index in [1.54, 1.807) is 62.6 Å². The van der Waals surface area contributed by atoms with E-state index in [2.05, 4.69) is 10.3 Å². The molecule has 0 aromatic heterocycles. The van der Waals surface area contributed by atoms with E-state index in [0.717, 1.165) is 17.3 Å². The zero-order chi connectivity index (χ0) is 27.1. The number of esters is 1. The number of nitrogens with zero attached hydrogens (tertiary/aromatic N) is 2. The number of rotatable bonds is 9. The molecule has 1 atom stereocenters. The van der Waals surface area contributed by atoms with Crippen LogP contribution in [0.25, 0.3) is 0 Å². The van der Waals surface area contributed by atoms with Crippen molar-refractivity contribution in [3.63, 3.8) is 0 Å². The van der Waals surface area contributed by atoms with E-state index >= 15 is 0 Å². The predicted molar refractivity (Wildman–Crippen MR) is 144 cm³/mol. The van der Waals surface area contributed by atoms with Crippen molar-refractivity contribution >= 4 is 46.1 Å². The van der Waals surface area contributed by atoms with Gasteiger partial charge in [-0.05, 0) is 61.0 Å². The summed E-state index contributed by atoms with van der Waals surface area (Å²) >= 11 is 1.12. The third kappa shape index (κ3) is 6.57. The van der Waals surface area contributed by atoms with E-state index in [4.69, 9.17) is 9.47 Å². The van der Waals surface area contributed by atoms with Crippen LogP contribution in [0.2, 0.25) is 0 Å². The lowest BCUT2D eigenvalue weighted by Crippen LogP contribution is -2.33. The summed E-state index contributed by atoms with van der Waals surface area (Å²) in [7, 11) is 1.57. The molecule has 3 aromatic rings. The van der Waals surface area contributed by atoms with Crippen molar-refractivity contribution in [2.75, 3.05) is 19.0 Å². The number of amidine groups is 1. The van der Waals surface area contributed by atoms with Gasteiger partial charge in [-0.1, -0.05) is 36.0 Å².